The maximum atomic E-state index is 12.3. The summed E-state index contributed by atoms with van der Waals surface area (Å²) < 4.78 is 11.1. The molecule has 0 spiro atoms. The highest BCUT2D eigenvalue weighted by Gasteiger charge is 2.30. The molecule has 1 fully saturated rings. The van der Waals surface area contributed by atoms with E-state index in [2.05, 4.69) is 10.2 Å². The third-order valence-electron chi connectivity index (χ3n) is 4.25. The van der Waals surface area contributed by atoms with E-state index in [0.29, 0.717) is 13.1 Å². The molecular weight excluding hydrogens is 365 g/mol. The largest absolute Gasteiger partial charge is 0.496 e. The van der Waals surface area contributed by atoms with Gasteiger partial charge in [0.1, 0.15) is 11.9 Å². The van der Waals surface area contributed by atoms with Gasteiger partial charge in [-0.1, -0.05) is 18.2 Å². The minimum absolute atomic E-state index is 0. The van der Waals surface area contributed by atoms with E-state index in [-0.39, 0.29) is 49.0 Å². The van der Waals surface area contributed by atoms with Crippen LogP contribution in [0, 0.1) is 0 Å². The predicted molar refractivity (Wildman–Crippen MR) is 104 cm³/mol. The van der Waals surface area contributed by atoms with E-state index in [1.54, 1.807) is 7.11 Å². The number of rotatable bonds is 7. The van der Waals surface area contributed by atoms with Crippen LogP contribution in [0.2, 0.25) is 0 Å². The van der Waals surface area contributed by atoms with Crippen LogP contribution in [0.3, 0.4) is 0 Å². The summed E-state index contributed by atoms with van der Waals surface area (Å²) in [4.78, 5) is 14.4. The van der Waals surface area contributed by atoms with Gasteiger partial charge in [-0.05, 0) is 33.0 Å². The van der Waals surface area contributed by atoms with Gasteiger partial charge >= 0.3 is 0 Å². The van der Waals surface area contributed by atoms with Crippen LogP contribution in [0.25, 0.3) is 0 Å². The van der Waals surface area contributed by atoms with Crippen LogP contribution in [-0.2, 0) is 9.53 Å². The van der Waals surface area contributed by atoms with Gasteiger partial charge in [-0.25, -0.2) is 0 Å². The number of carbonyl (C=O) groups is 1. The lowest BCUT2D eigenvalue weighted by molar-refractivity contribution is -0.132. The van der Waals surface area contributed by atoms with Gasteiger partial charge in [0.25, 0.3) is 0 Å². The molecule has 144 valence electrons. The van der Waals surface area contributed by atoms with Crippen molar-refractivity contribution in [2.75, 3.05) is 34.3 Å². The number of halogens is 2. The second kappa shape index (κ2) is 11.5. The standard InChI is InChI=1S/C17H27N3O3.2ClH/c1-20(2)14(13-6-4-5-7-15(13)22-3)11-19-17(21)16-9-8-12(10-18)23-16;;/h4-7,12,14,16H,8-11,18H2,1-3H3,(H,19,21);2*1H/t12-,14?,16+;;/m1../s1. The molecule has 0 aliphatic carbocycles. The van der Waals surface area contributed by atoms with Gasteiger partial charge in [0.15, 0.2) is 0 Å². The minimum Gasteiger partial charge on any atom is -0.496 e. The number of carbonyl (C=O) groups excluding carboxylic acids is 1. The van der Waals surface area contributed by atoms with E-state index in [1.165, 1.54) is 0 Å². The summed E-state index contributed by atoms with van der Waals surface area (Å²) in [5, 5.41) is 3.00. The molecule has 3 N–H and O–H groups in total. The summed E-state index contributed by atoms with van der Waals surface area (Å²) in [7, 11) is 5.63. The number of nitrogens with zero attached hydrogens (tertiary/aromatic N) is 1. The summed E-state index contributed by atoms with van der Waals surface area (Å²) in [6.07, 6.45) is 1.20. The van der Waals surface area contributed by atoms with Crippen molar-refractivity contribution < 1.29 is 14.3 Å². The second-order valence-corrected chi connectivity index (χ2v) is 6.03. The zero-order chi connectivity index (χ0) is 16.8. The van der Waals surface area contributed by atoms with E-state index < -0.39 is 0 Å². The van der Waals surface area contributed by atoms with Gasteiger partial charge < -0.3 is 25.4 Å². The predicted octanol–water partition coefficient (Wildman–Crippen LogP) is 1.76. The van der Waals surface area contributed by atoms with E-state index in [4.69, 9.17) is 15.2 Å². The topological polar surface area (TPSA) is 76.8 Å². The Balaban J connectivity index is 0.00000288. The molecule has 1 unspecified atom stereocenters. The summed E-state index contributed by atoms with van der Waals surface area (Å²) in [6, 6.07) is 7.89. The molecule has 0 bridgehead atoms. The van der Waals surface area contributed by atoms with E-state index in [9.17, 15) is 4.79 Å². The van der Waals surface area contributed by atoms with Crippen LogP contribution in [0.5, 0.6) is 5.75 Å². The van der Waals surface area contributed by atoms with Crippen molar-refractivity contribution in [2.45, 2.75) is 31.1 Å². The highest BCUT2D eigenvalue weighted by atomic mass is 35.5. The van der Waals surface area contributed by atoms with Gasteiger partial charge in [-0.2, -0.15) is 0 Å². The average molecular weight is 394 g/mol. The number of nitrogens with one attached hydrogen (secondary N) is 1. The maximum Gasteiger partial charge on any atom is 0.249 e. The van der Waals surface area contributed by atoms with Crippen LogP contribution in [-0.4, -0.2) is 57.3 Å². The van der Waals surface area contributed by atoms with Gasteiger partial charge in [0.2, 0.25) is 5.91 Å². The second-order valence-electron chi connectivity index (χ2n) is 6.03. The molecule has 1 aromatic carbocycles. The SMILES string of the molecule is COc1ccccc1C(CNC(=O)[C@@H]1CC[C@H](CN)O1)N(C)C.Cl.Cl. The molecule has 1 amide bonds. The first-order chi connectivity index (χ1) is 11.1. The fourth-order valence-electron chi connectivity index (χ4n) is 2.90. The molecule has 1 aromatic rings. The Labute approximate surface area is 162 Å². The lowest BCUT2D eigenvalue weighted by atomic mass is 10.0. The van der Waals surface area contributed by atoms with Crippen molar-refractivity contribution in [2.24, 2.45) is 5.73 Å². The van der Waals surface area contributed by atoms with Gasteiger partial charge in [-0.15, -0.1) is 24.8 Å². The van der Waals surface area contributed by atoms with Crippen LogP contribution >= 0.6 is 24.8 Å². The molecule has 0 radical (unpaired) electrons. The number of para-hydroxylation sites is 1. The normalized spacial score (nSPS) is 20.4. The van der Waals surface area contributed by atoms with Gasteiger partial charge in [0, 0.05) is 18.7 Å². The Kier molecular flexibility index (Phi) is 11.1. The highest BCUT2D eigenvalue weighted by molar-refractivity contribution is 5.85. The zero-order valence-corrected chi connectivity index (χ0v) is 16.6. The summed E-state index contributed by atoms with van der Waals surface area (Å²) in [6.45, 7) is 0.963. The first-order valence-electron chi connectivity index (χ1n) is 7.99. The van der Waals surface area contributed by atoms with Crippen LogP contribution in [0.4, 0.5) is 0 Å². The van der Waals surface area contributed by atoms with E-state index >= 15 is 0 Å². The number of amides is 1. The molecule has 25 heavy (non-hydrogen) atoms. The number of methoxy groups -OCH3 is 1. The average Bonchev–Trinajstić information content (AvgIpc) is 3.04. The lowest BCUT2D eigenvalue weighted by Gasteiger charge is -2.27. The molecular formula is C17H29Cl2N3O3. The van der Waals surface area contributed by atoms with Crippen molar-refractivity contribution in [1.82, 2.24) is 10.2 Å². The van der Waals surface area contributed by atoms with Crippen LogP contribution < -0.4 is 15.8 Å². The quantitative estimate of drug-likeness (QED) is 0.737. The van der Waals surface area contributed by atoms with Crippen molar-refractivity contribution >= 4 is 30.7 Å². The third-order valence-corrected chi connectivity index (χ3v) is 4.25. The zero-order valence-electron chi connectivity index (χ0n) is 14.9. The summed E-state index contributed by atoms with van der Waals surface area (Å²) >= 11 is 0. The van der Waals surface area contributed by atoms with E-state index in [0.717, 1.165) is 24.2 Å². The van der Waals surface area contributed by atoms with Crippen molar-refractivity contribution in [3.63, 3.8) is 0 Å². The number of likely N-dealkylation sites (N-methyl/N-ethyl adjacent to an activating group) is 1. The fraction of sp³-hybridized carbons (Fsp3) is 0.588. The van der Waals surface area contributed by atoms with Crippen molar-refractivity contribution in [3.05, 3.63) is 29.8 Å². The Morgan fingerprint density at radius 1 is 1.36 bits per heavy atom. The molecule has 8 heteroatoms. The Morgan fingerprint density at radius 3 is 2.60 bits per heavy atom. The summed E-state index contributed by atoms with van der Waals surface area (Å²) in [5.74, 6) is 0.753. The molecule has 1 aliphatic heterocycles. The van der Waals surface area contributed by atoms with Gasteiger partial charge in [0.05, 0.1) is 19.3 Å². The molecule has 1 saturated heterocycles. The molecule has 1 heterocycles. The number of benzene rings is 1. The van der Waals surface area contributed by atoms with Crippen LogP contribution in [0.1, 0.15) is 24.4 Å². The first kappa shape index (κ1) is 23.9. The first-order valence-corrected chi connectivity index (χ1v) is 7.99. The molecule has 2 rings (SSSR count). The molecule has 0 aromatic heterocycles. The minimum atomic E-state index is -0.385. The summed E-state index contributed by atoms with van der Waals surface area (Å²) in [5.41, 5.74) is 6.64. The Hall–Kier alpha value is -1.05. The molecule has 1 aliphatic rings. The number of hydrogen-bond donors (Lipinski definition) is 2. The lowest BCUT2D eigenvalue weighted by Crippen LogP contribution is -2.40. The Bertz CT molecular complexity index is 532. The highest BCUT2D eigenvalue weighted by Crippen LogP contribution is 2.27. The maximum absolute atomic E-state index is 12.3. The number of hydrogen-bond acceptors (Lipinski definition) is 5. The van der Waals surface area contributed by atoms with Crippen molar-refractivity contribution in [3.8, 4) is 5.75 Å². The smallest absolute Gasteiger partial charge is 0.249 e. The fourth-order valence-corrected chi connectivity index (χ4v) is 2.90. The van der Waals surface area contributed by atoms with Crippen molar-refractivity contribution in [1.29, 1.82) is 0 Å². The third kappa shape index (κ3) is 6.31. The van der Waals surface area contributed by atoms with Crippen LogP contribution in [0.15, 0.2) is 24.3 Å². The van der Waals surface area contributed by atoms with Gasteiger partial charge in [-0.3, -0.25) is 4.79 Å². The monoisotopic (exact) mass is 393 g/mol. The Morgan fingerprint density at radius 2 is 2.04 bits per heavy atom. The molecule has 3 atom stereocenters. The van der Waals surface area contributed by atoms with E-state index in [1.807, 2.05) is 38.4 Å². The number of ether oxygens (including phenoxy) is 2. The number of nitrogens with two attached hydrogens (primary N) is 1. The molecule has 6 nitrogen and oxygen atoms in total. The molecule has 0 saturated carbocycles.